The Morgan fingerprint density at radius 3 is 2.70 bits per heavy atom. The second-order valence-electron chi connectivity index (χ2n) is 5.02. The Morgan fingerprint density at radius 1 is 1.17 bits per heavy atom. The Balaban J connectivity index is 1.88. The number of amides is 1. The second-order valence-corrected chi connectivity index (χ2v) is 5.02. The van der Waals surface area contributed by atoms with E-state index in [4.69, 9.17) is 0 Å². The molecule has 23 heavy (non-hydrogen) atoms. The highest BCUT2D eigenvalue weighted by Gasteiger charge is 2.12. The lowest BCUT2D eigenvalue weighted by Crippen LogP contribution is -2.18. The van der Waals surface area contributed by atoms with E-state index in [1.54, 1.807) is 6.07 Å². The highest BCUT2D eigenvalue weighted by Crippen LogP contribution is 2.21. The van der Waals surface area contributed by atoms with E-state index >= 15 is 0 Å². The predicted molar refractivity (Wildman–Crippen MR) is 82.3 cm³/mol. The number of benzene rings is 2. The molecule has 0 atom stereocenters. The number of para-hydroxylation sites is 1. The molecule has 0 unspecified atom stereocenters. The topological polar surface area (TPSA) is 51.1 Å². The van der Waals surface area contributed by atoms with Crippen LogP contribution in [0.5, 0.6) is 0 Å². The molecule has 1 amide bonds. The number of rotatable bonds is 4. The number of aldehydes is 1. The summed E-state index contributed by atoms with van der Waals surface area (Å²) >= 11 is 0. The molecule has 4 nitrogen and oxygen atoms in total. The number of nitrogens with one attached hydrogen (secondary N) is 1. The average Bonchev–Trinajstić information content (AvgIpc) is 2.86. The Hall–Kier alpha value is -3.02. The Kier molecular flexibility index (Phi) is 3.89. The third kappa shape index (κ3) is 2.96. The van der Waals surface area contributed by atoms with E-state index in [1.807, 2.05) is 0 Å². The maximum Gasteiger partial charge on any atom is 0.244 e. The van der Waals surface area contributed by atoms with Crippen molar-refractivity contribution in [3.63, 3.8) is 0 Å². The normalized spacial score (nSPS) is 10.7. The van der Waals surface area contributed by atoms with E-state index in [1.165, 1.54) is 47.2 Å². The predicted octanol–water partition coefficient (Wildman–Crippen LogP) is 3.37. The number of carbonyl (C=O) groups is 2. The van der Waals surface area contributed by atoms with Crippen molar-refractivity contribution in [2.45, 2.75) is 6.54 Å². The maximum absolute atomic E-state index is 13.5. The first-order valence-corrected chi connectivity index (χ1v) is 6.86. The van der Waals surface area contributed by atoms with E-state index in [2.05, 4.69) is 5.32 Å². The van der Waals surface area contributed by atoms with Gasteiger partial charge < -0.3 is 9.88 Å². The third-order valence-corrected chi connectivity index (χ3v) is 3.46. The number of carbonyl (C=O) groups excluding carboxylic acids is 2. The van der Waals surface area contributed by atoms with E-state index in [0.717, 1.165) is 0 Å². The number of hydrogen-bond acceptors (Lipinski definition) is 2. The summed E-state index contributed by atoms with van der Waals surface area (Å²) in [5.74, 6) is -1.45. The molecule has 0 aliphatic heterocycles. The van der Waals surface area contributed by atoms with Crippen LogP contribution in [0.15, 0.2) is 48.7 Å². The van der Waals surface area contributed by atoms with Crippen LogP contribution in [0.1, 0.15) is 10.4 Å². The number of aromatic nitrogens is 1. The fourth-order valence-corrected chi connectivity index (χ4v) is 2.43. The van der Waals surface area contributed by atoms with Crippen LogP contribution in [0.25, 0.3) is 10.9 Å². The monoisotopic (exact) mass is 314 g/mol. The molecule has 0 aliphatic rings. The summed E-state index contributed by atoms with van der Waals surface area (Å²) in [7, 11) is 0. The summed E-state index contributed by atoms with van der Waals surface area (Å²) in [6, 6.07) is 9.81. The molecule has 116 valence electrons. The van der Waals surface area contributed by atoms with E-state index in [9.17, 15) is 18.4 Å². The van der Waals surface area contributed by atoms with Gasteiger partial charge in [-0.25, -0.2) is 8.78 Å². The van der Waals surface area contributed by atoms with Crippen molar-refractivity contribution < 1.29 is 18.4 Å². The maximum atomic E-state index is 13.5. The lowest BCUT2D eigenvalue weighted by Gasteiger charge is -2.08. The van der Waals surface area contributed by atoms with Gasteiger partial charge >= 0.3 is 0 Å². The van der Waals surface area contributed by atoms with Crippen molar-refractivity contribution in [2.75, 3.05) is 5.32 Å². The van der Waals surface area contributed by atoms with Gasteiger partial charge in [0.1, 0.15) is 18.2 Å². The second kappa shape index (κ2) is 6.00. The molecule has 0 bridgehead atoms. The fraction of sp³-hybridized carbons (Fsp3) is 0.0588. The highest BCUT2D eigenvalue weighted by molar-refractivity contribution is 5.99. The summed E-state index contributed by atoms with van der Waals surface area (Å²) in [6.45, 7) is -0.121. The van der Waals surface area contributed by atoms with Crippen LogP contribution >= 0.6 is 0 Å². The minimum absolute atomic E-state index is 0.0793. The SMILES string of the molecule is O=Cc1cn(CC(=O)Nc2ccccc2F)c2ccc(F)cc12. The molecule has 3 rings (SSSR count). The standard InChI is InChI=1S/C17H12F2N2O2/c18-12-5-6-16-13(7-12)11(10-22)8-21(16)9-17(23)20-15-4-2-1-3-14(15)19/h1-8,10H,9H2,(H,20,23). The van der Waals surface area contributed by atoms with Crippen molar-refractivity contribution in [3.05, 3.63) is 65.9 Å². The molecule has 0 aliphatic carbocycles. The molecule has 0 saturated carbocycles. The van der Waals surface area contributed by atoms with Gasteiger partial charge in [-0.05, 0) is 30.3 Å². The molecular formula is C17H12F2N2O2. The minimum atomic E-state index is -0.533. The number of halogens is 2. The quantitative estimate of drug-likeness (QED) is 0.751. The van der Waals surface area contributed by atoms with Gasteiger partial charge in [0.15, 0.2) is 6.29 Å². The summed E-state index contributed by atoms with van der Waals surface area (Å²) in [4.78, 5) is 23.2. The van der Waals surface area contributed by atoms with E-state index < -0.39 is 17.5 Å². The number of anilines is 1. The van der Waals surface area contributed by atoms with Gasteiger partial charge in [-0.2, -0.15) is 0 Å². The van der Waals surface area contributed by atoms with Crippen LogP contribution in [0.2, 0.25) is 0 Å². The van der Waals surface area contributed by atoms with Crippen molar-refractivity contribution >= 4 is 28.8 Å². The molecule has 3 aromatic rings. The summed E-state index contributed by atoms with van der Waals surface area (Å²) in [5, 5.41) is 2.89. The Bertz CT molecular complexity index is 903. The van der Waals surface area contributed by atoms with E-state index in [-0.39, 0.29) is 17.8 Å². The Labute approximate surface area is 130 Å². The van der Waals surface area contributed by atoms with Crippen LogP contribution in [0.4, 0.5) is 14.5 Å². The van der Waals surface area contributed by atoms with Gasteiger partial charge in [-0.3, -0.25) is 9.59 Å². The van der Waals surface area contributed by atoms with Crippen LogP contribution in [-0.4, -0.2) is 16.8 Å². The smallest absolute Gasteiger partial charge is 0.244 e. The zero-order valence-electron chi connectivity index (χ0n) is 11.9. The molecule has 0 radical (unpaired) electrons. The lowest BCUT2D eigenvalue weighted by atomic mass is 10.2. The van der Waals surface area contributed by atoms with Crippen molar-refractivity contribution in [2.24, 2.45) is 0 Å². The number of nitrogens with zero attached hydrogens (tertiary/aromatic N) is 1. The molecular weight excluding hydrogens is 302 g/mol. The van der Waals surface area contributed by atoms with Gasteiger partial charge in [0.05, 0.1) is 5.69 Å². The van der Waals surface area contributed by atoms with Gasteiger partial charge in [0.2, 0.25) is 5.91 Å². The van der Waals surface area contributed by atoms with Crippen molar-refractivity contribution in [3.8, 4) is 0 Å². The molecule has 6 heteroatoms. The lowest BCUT2D eigenvalue weighted by molar-refractivity contribution is -0.116. The van der Waals surface area contributed by atoms with Crippen LogP contribution < -0.4 is 5.32 Å². The summed E-state index contributed by atoms with van der Waals surface area (Å²) in [6.07, 6.45) is 2.07. The average molecular weight is 314 g/mol. The van der Waals surface area contributed by atoms with Gasteiger partial charge in [0.25, 0.3) is 0 Å². The molecule has 1 aromatic heterocycles. The largest absolute Gasteiger partial charge is 0.337 e. The Morgan fingerprint density at radius 2 is 1.96 bits per heavy atom. The molecule has 1 heterocycles. The molecule has 0 fully saturated rings. The van der Waals surface area contributed by atoms with Gasteiger partial charge in [-0.1, -0.05) is 12.1 Å². The van der Waals surface area contributed by atoms with Crippen LogP contribution in [-0.2, 0) is 11.3 Å². The summed E-state index contributed by atoms with van der Waals surface area (Å²) in [5.41, 5.74) is 0.922. The zero-order valence-corrected chi connectivity index (χ0v) is 11.9. The zero-order chi connectivity index (χ0) is 16.4. The fourth-order valence-electron chi connectivity index (χ4n) is 2.43. The van der Waals surface area contributed by atoms with Gasteiger partial charge in [0, 0.05) is 22.7 Å². The molecule has 0 spiro atoms. The molecule has 0 saturated heterocycles. The summed E-state index contributed by atoms with van der Waals surface area (Å²) < 4.78 is 28.4. The van der Waals surface area contributed by atoms with Crippen molar-refractivity contribution in [1.29, 1.82) is 0 Å². The first-order chi connectivity index (χ1) is 11.1. The highest BCUT2D eigenvalue weighted by atomic mass is 19.1. The third-order valence-electron chi connectivity index (χ3n) is 3.46. The van der Waals surface area contributed by atoms with Gasteiger partial charge in [-0.15, -0.1) is 0 Å². The first-order valence-electron chi connectivity index (χ1n) is 6.86. The molecule has 2 aromatic carbocycles. The van der Waals surface area contributed by atoms with E-state index in [0.29, 0.717) is 17.2 Å². The van der Waals surface area contributed by atoms with Crippen molar-refractivity contribution in [1.82, 2.24) is 4.57 Å². The first kappa shape index (κ1) is 14.9. The molecule has 1 N–H and O–H groups in total. The van der Waals surface area contributed by atoms with Crippen LogP contribution in [0, 0.1) is 11.6 Å². The number of hydrogen-bond donors (Lipinski definition) is 1. The number of fused-ring (bicyclic) bond motifs is 1. The minimum Gasteiger partial charge on any atom is -0.337 e. The van der Waals surface area contributed by atoms with Crippen LogP contribution in [0.3, 0.4) is 0 Å².